The van der Waals surface area contributed by atoms with Gasteiger partial charge in [0.2, 0.25) is 5.91 Å². The fourth-order valence-electron chi connectivity index (χ4n) is 4.61. The number of halogens is 1. The number of hydrogen-bond donors (Lipinski definition) is 1. The lowest BCUT2D eigenvalue weighted by molar-refractivity contribution is -0.113. The standard InChI is InChI=1S/C28H26FN3O4S3/c1-3-13-32-26(34)22-18-7-5-6-8-20(18)39-25(22)31-28(32)38-15-21(33)30-24-23(27(35)36-4-2)19(14-37-24)16-9-11-17(29)12-10-16/h3,9-12,14H,1,4-8,13,15H2,2H3,(H,30,33). The molecule has 0 aliphatic heterocycles. The number of hydrogen-bond acceptors (Lipinski definition) is 8. The zero-order valence-electron chi connectivity index (χ0n) is 21.3. The molecule has 0 saturated carbocycles. The highest BCUT2D eigenvalue weighted by Gasteiger charge is 2.25. The van der Waals surface area contributed by atoms with E-state index in [1.54, 1.807) is 46.4 Å². The number of fused-ring (bicyclic) bond motifs is 3. The number of ether oxygens (including phenoxy) is 1. The first-order valence-corrected chi connectivity index (χ1v) is 15.2. The lowest BCUT2D eigenvalue weighted by Gasteiger charge is -2.12. The maximum atomic E-state index is 13.5. The number of allylic oxidation sites excluding steroid dienone is 1. The van der Waals surface area contributed by atoms with E-state index >= 15 is 0 Å². The van der Waals surface area contributed by atoms with Gasteiger partial charge in [0.25, 0.3) is 5.56 Å². The molecule has 5 rings (SSSR count). The molecule has 1 aliphatic rings. The summed E-state index contributed by atoms with van der Waals surface area (Å²) in [5.41, 5.74) is 2.42. The van der Waals surface area contributed by atoms with Crippen LogP contribution < -0.4 is 10.9 Å². The van der Waals surface area contributed by atoms with Crippen molar-refractivity contribution in [2.24, 2.45) is 0 Å². The largest absolute Gasteiger partial charge is 0.462 e. The molecule has 1 N–H and O–H groups in total. The molecular formula is C28H26FN3O4S3. The van der Waals surface area contributed by atoms with Crippen LogP contribution in [0.15, 0.2) is 52.3 Å². The Morgan fingerprint density at radius 1 is 1.26 bits per heavy atom. The van der Waals surface area contributed by atoms with Crippen molar-refractivity contribution in [1.82, 2.24) is 9.55 Å². The first-order chi connectivity index (χ1) is 18.9. The second-order valence-electron chi connectivity index (χ2n) is 8.91. The van der Waals surface area contributed by atoms with E-state index in [1.807, 2.05) is 0 Å². The third-order valence-corrected chi connectivity index (χ3v) is 9.42. The molecule has 11 heteroatoms. The summed E-state index contributed by atoms with van der Waals surface area (Å²) in [7, 11) is 0. The van der Waals surface area contributed by atoms with Crippen molar-refractivity contribution in [3.63, 3.8) is 0 Å². The number of carbonyl (C=O) groups is 2. The van der Waals surface area contributed by atoms with Gasteiger partial charge in [0.05, 0.1) is 17.7 Å². The van der Waals surface area contributed by atoms with Crippen molar-refractivity contribution in [3.05, 3.63) is 74.5 Å². The number of thiophene rings is 2. The Kier molecular flexibility index (Phi) is 8.29. The maximum absolute atomic E-state index is 13.5. The SMILES string of the molecule is C=CCn1c(SCC(=O)Nc2scc(-c3ccc(F)cc3)c2C(=O)OCC)nc2sc3c(c2c1=O)CCCC3. The molecule has 202 valence electrons. The van der Waals surface area contributed by atoms with E-state index in [1.165, 1.54) is 28.3 Å². The summed E-state index contributed by atoms with van der Waals surface area (Å²) >= 11 is 3.92. The minimum absolute atomic E-state index is 0.0216. The zero-order chi connectivity index (χ0) is 27.5. The summed E-state index contributed by atoms with van der Waals surface area (Å²) in [6.45, 7) is 5.94. The van der Waals surface area contributed by atoms with Crippen LogP contribution in [-0.4, -0.2) is 33.8 Å². The number of esters is 1. The molecule has 0 spiro atoms. The van der Waals surface area contributed by atoms with Crippen molar-refractivity contribution in [3.8, 4) is 11.1 Å². The summed E-state index contributed by atoms with van der Waals surface area (Å²) < 4.78 is 20.3. The average molecular weight is 584 g/mol. The van der Waals surface area contributed by atoms with Crippen molar-refractivity contribution in [2.45, 2.75) is 44.3 Å². The van der Waals surface area contributed by atoms with Crippen LogP contribution in [0.5, 0.6) is 0 Å². The van der Waals surface area contributed by atoms with Gasteiger partial charge < -0.3 is 10.1 Å². The van der Waals surface area contributed by atoms with E-state index < -0.39 is 5.97 Å². The van der Waals surface area contributed by atoms with Gasteiger partial charge in [-0.3, -0.25) is 14.2 Å². The number of aryl methyl sites for hydroxylation is 2. The molecule has 3 heterocycles. The lowest BCUT2D eigenvalue weighted by Crippen LogP contribution is -2.24. The molecular weight excluding hydrogens is 558 g/mol. The van der Waals surface area contributed by atoms with Crippen LogP contribution in [0.2, 0.25) is 0 Å². The van der Waals surface area contributed by atoms with Crippen LogP contribution >= 0.6 is 34.4 Å². The van der Waals surface area contributed by atoms with Crippen molar-refractivity contribution < 1.29 is 18.7 Å². The number of nitrogens with one attached hydrogen (secondary N) is 1. The predicted octanol–water partition coefficient (Wildman–Crippen LogP) is 6.30. The van der Waals surface area contributed by atoms with Gasteiger partial charge in [-0.2, -0.15) is 0 Å². The summed E-state index contributed by atoms with van der Waals surface area (Å²) in [5, 5.41) is 6.03. The highest BCUT2D eigenvalue weighted by molar-refractivity contribution is 7.99. The Morgan fingerprint density at radius 2 is 2.03 bits per heavy atom. The van der Waals surface area contributed by atoms with Crippen LogP contribution in [0.4, 0.5) is 9.39 Å². The van der Waals surface area contributed by atoms with Crippen LogP contribution in [0.25, 0.3) is 21.3 Å². The van der Waals surface area contributed by atoms with Crippen LogP contribution in [-0.2, 0) is 28.9 Å². The number of benzene rings is 1. The molecule has 7 nitrogen and oxygen atoms in total. The van der Waals surface area contributed by atoms with Crippen LogP contribution in [0, 0.1) is 5.82 Å². The molecule has 0 radical (unpaired) electrons. The van der Waals surface area contributed by atoms with Gasteiger partial charge in [0.15, 0.2) is 5.16 Å². The number of carbonyl (C=O) groups excluding carboxylic acids is 2. The third kappa shape index (κ3) is 5.57. The quantitative estimate of drug-likeness (QED) is 0.108. The summed E-state index contributed by atoms with van der Waals surface area (Å²) in [5.74, 6) is -1.34. The first-order valence-electron chi connectivity index (χ1n) is 12.5. The first kappa shape index (κ1) is 27.3. The molecule has 0 atom stereocenters. The Bertz CT molecular complexity index is 1620. The van der Waals surface area contributed by atoms with Crippen LogP contribution in [0.3, 0.4) is 0 Å². The predicted molar refractivity (Wildman–Crippen MR) is 156 cm³/mol. The van der Waals surface area contributed by atoms with Crippen LogP contribution in [0.1, 0.15) is 40.6 Å². The van der Waals surface area contributed by atoms with E-state index in [0.717, 1.165) is 43.0 Å². The number of rotatable bonds is 9. The van der Waals surface area contributed by atoms with Gasteiger partial charge in [-0.1, -0.05) is 30.0 Å². The Morgan fingerprint density at radius 3 is 2.77 bits per heavy atom. The highest BCUT2D eigenvalue weighted by atomic mass is 32.2. The molecule has 1 aromatic carbocycles. The molecule has 3 aromatic heterocycles. The number of thioether (sulfide) groups is 1. The number of nitrogens with zero attached hydrogens (tertiary/aromatic N) is 2. The molecule has 0 bridgehead atoms. The molecule has 39 heavy (non-hydrogen) atoms. The smallest absolute Gasteiger partial charge is 0.341 e. The minimum atomic E-state index is -0.574. The molecule has 0 unspecified atom stereocenters. The van der Waals surface area contributed by atoms with Gasteiger partial charge in [-0.15, -0.1) is 29.3 Å². The highest BCUT2D eigenvalue weighted by Crippen LogP contribution is 2.37. The van der Waals surface area contributed by atoms with E-state index in [-0.39, 0.29) is 41.8 Å². The van der Waals surface area contributed by atoms with Gasteiger partial charge in [0.1, 0.15) is 21.2 Å². The Labute approximate surface area is 236 Å². The number of anilines is 1. The lowest BCUT2D eigenvalue weighted by atomic mass is 9.97. The summed E-state index contributed by atoms with van der Waals surface area (Å²) in [4.78, 5) is 46.0. The maximum Gasteiger partial charge on any atom is 0.341 e. The Balaban J connectivity index is 1.40. The molecule has 0 fully saturated rings. The fourth-order valence-corrected chi connectivity index (χ4v) is 7.70. The molecule has 4 aromatic rings. The van der Waals surface area contributed by atoms with Gasteiger partial charge in [0, 0.05) is 22.4 Å². The average Bonchev–Trinajstić information content (AvgIpc) is 3.51. The second-order valence-corrected chi connectivity index (χ2v) is 11.8. The second kappa shape index (κ2) is 11.8. The zero-order valence-corrected chi connectivity index (χ0v) is 23.7. The van der Waals surface area contributed by atoms with Crippen molar-refractivity contribution in [2.75, 3.05) is 17.7 Å². The third-order valence-electron chi connectivity index (χ3n) is 6.36. The Hall–Kier alpha value is -3.28. The minimum Gasteiger partial charge on any atom is -0.462 e. The molecule has 0 saturated heterocycles. The van der Waals surface area contributed by atoms with Crippen molar-refractivity contribution >= 4 is 61.5 Å². The summed E-state index contributed by atoms with van der Waals surface area (Å²) in [6, 6.07) is 5.77. The normalized spacial score (nSPS) is 12.8. The van der Waals surface area contributed by atoms with E-state index in [9.17, 15) is 18.8 Å². The summed E-state index contributed by atoms with van der Waals surface area (Å²) in [6.07, 6.45) is 5.67. The van der Waals surface area contributed by atoms with E-state index in [4.69, 9.17) is 9.72 Å². The van der Waals surface area contributed by atoms with E-state index in [2.05, 4.69) is 11.9 Å². The monoisotopic (exact) mass is 583 g/mol. The topological polar surface area (TPSA) is 90.3 Å². The number of aromatic nitrogens is 2. The molecule has 1 amide bonds. The van der Waals surface area contributed by atoms with Gasteiger partial charge >= 0.3 is 5.97 Å². The van der Waals surface area contributed by atoms with Gasteiger partial charge in [-0.25, -0.2) is 14.2 Å². The van der Waals surface area contributed by atoms with Crippen molar-refractivity contribution in [1.29, 1.82) is 0 Å². The van der Waals surface area contributed by atoms with E-state index in [0.29, 0.717) is 31.5 Å². The van der Waals surface area contributed by atoms with Gasteiger partial charge in [-0.05, 0) is 55.9 Å². The number of amides is 1. The fraction of sp³-hybridized carbons (Fsp3) is 0.286. The molecule has 1 aliphatic carbocycles.